The van der Waals surface area contributed by atoms with E-state index in [1.54, 1.807) is 12.2 Å². The van der Waals surface area contributed by atoms with Crippen molar-refractivity contribution in [3.8, 4) is 0 Å². The normalized spacial score (nSPS) is 12.1. The molecular weight excluding hydrogens is 536 g/mol. The van der Waals surface area contributed by atoms with Crippen LogP contribution in [0.2, 0.25) is 0 Å². The van der Waals surface area contributed by atoms with Crippen molar-refractivity contribution in [3.05, 3.63) is 48.6 Å². The molecule has 0 aliphatic heterocycles. The first-order chi connectivity index (χ1) is 21.2. The molecule has 0 aromatic heterocycles. The lowest BCUT2D eigenvalue weighted by Gasteiger charge is -2.04. The second-order valence-corrected chi connectivity index (χ2v) is 11.5. The topological polar surface area (TPSA) is 61.8 Å². The third kappa shape index (κ3) is 36.3. The van der Waals surface area contributed by atoms with Gasteiger partial charge in [0, 0.05) is 0 Å². The highest BCUT2D eigenvalue weighted by molar-refractivity contribution is 5.91. The quantitative estimate of drug-likeness (QED) is 0.0317. The van der Waals surface area contributed by atoms with Crippen molar-refractivity contribution in [1.82, 2.24) is 0 Å². The van der Waals surface area contributed by atoms with Gasteiger partial charge in [-0.05, 0) is 76.4 Å². The van der Waals surface area contributed by atoms with Crippen molar-refractivity contribution in [2.45, 2.75) is 155 Å². The Kier molecular flexibility index (Phi) is 34.8. The maximum absolute atomic E-state index is 11.9. The van der Waals surface area contributed by atoms with E-state index >= 15 is 0 Å². The molecule has 0 N–H and O–H groups in total. The summed E-state index contributed by atoms with van der Waals surface area (Å²) < 4.78 is 15.6. The lowest BCUT2D eigenvalue weighted by atomic mass is 10.1. The molecule has 43 heavy (non-hydrogen) atoms. The number of carbonyl (C=O) groups is 2. The summed E-state index contributed by atoms with van der Waals surface area (Å²) in [4.78, 5) is 23.7. The van der Waals surface area contributed by atoms with Crippen molar-refractivity contribution in [2.24, 2.45) is 0 Å². The van der Waals surface area contributed by atoms with E-state index in [4.69, 9.17) is 14.2 Å². The zero-order chi connectivity index (χ0) is 31.3. The standard InChI is InChI=1S/C38H66O5/c1-3-5-7-9-11-13-15-17-19-21-23-25-27-29-31-37(39)33-41-35-43-36-42-34-38(40)32-30-28-26-24-22-20-18-16-14-12-10-8-6-4-2/h9-12,29-32H,3-8,13-28,33-36H2,1-2H3/b11-9+,12-10+,31-29-,32-30-. The summed E-state index contributed by atoms with van der Waals surface area (Å²) in [6, 6.07) is 0. The number of unbranched alkanes of at least 4 members (excludes halogenated alkanes) is 18. The Bertz CT molecular complexity index is 662. The summed E-state index contributed by atoms with van der Waals surface area (Å²) in [5.41, 5.74) is 0. The minimum atomic E-state index is -0.0672. The fourth-order valence-electron chi connectivity index (χ4n) is 4.54. The van der Waals surface area contributed by atoms with Gasteiger partial charge in [0.05, 0.1) is 0 Å². The first-order valence-corrected chi connectivity index (χ1v) is 17.6. The lowest BCUT2D eigenvalue weighted by molar-refractivity contribution is -0.147. The summed E-state index contributed by atoms with van der Waals surface area (Å²) in [5, 5.41) is 0. The van der Waals surface area contributed by atoms with Gasteiger partial charge >= 0.3 is 0 Å². The fourth-order valence-corrected chi connectivity index (χ4v) is 4.54. The molecule has 0 fully saturated rings. The number of ether oxygens (including phenoxy) is 3. The van der Waals surface area contributed by atoms with Crippen LogP contribution in [0.4, 0.5) is 0 Å². The van der Waals surface area contributed by atoms with Crippen LogP contribution >= 0.6 is 0 Å². The van der Waals surface area contributed by atoms with E-state index in [0.29, 0.717) is 0 Å². The van der Waals surface area contributed by atoms with Crippen LogP contribution in [0, 0.1) is 0 Å². The minimum absolute atomic E-state index is 0.0124. The number of ketones is 2. The molecule has 5 nitrogen and oxygen atoms in total. The Hall–Kier alpha value is -1.82. The molecular formula is C38H66O5. The van der Waals surface area contributed by atoms with E-state index < -0.39 is 0 Å². The first kappa shape index (κ1) is 41.2. The molecule has 0 aromatic rings. The van der Waals surface area contributed by atoms with Gasteiger partial charge in [-0.25, -0.2) is 0 Å². The number of allylic oxidation sites excluding steroid dienone is 6. The number of rotatable bonds is 34. The van der Waals surface area contributed by atoms with Crippen LogP contribution in [0.25, 0.3) is 0 Å². The summed E-state index contributed by atoms with van der Waals surface area (Å²) in [5.74, 6) is -0.134. The van der Waals surface area contributed by atoms with E-state index in [2.05, 4.69) is 38.2 Å². The third-order valence-corrected chi connectivity index (χ3v) is 7.19. The van der Waals surface area contributed by atoms with E-state index in [0.717, 1.165) is 25.7 Å². The largest absolute Gasteiger partial charge is 0.347 e. The molecule has 0 bridgehead atoms. The molecule has 0 atom stereocenters. The fraction of sp³-hybridized carbons (Fsp3) is 0.737. The summed E-state index contributed by atoms with van der Waals surface area (Å²) in [6.07, 6.45) is 43.3. The van der Waals surface area contributed by atoms with Crippen LogP contribution in [0.3, 0.4) is 0 Å². The Labute approximate surface area is 265 Å². The molecule has 248 valence electrons. The maximum atomic E-state index is 11.9. The molecule has 0 saturated heterocycles. The smallest absolute Gasteiger partial charge is 0.181 e. The molecule has 0 spiro atoms. The van der Waals surface area contributed by atoms with Gasteiger partial charge < -0.3 is 14.2 Å². The molecule has 0 unspecified atom stereocenters. The van der Waals surface area contributed by atoms with Gasteiger partial charge in [-0.3, -0.25) is 9.59 Å². The number of hydrogen-bond acceptors (Lipinski definition) is 5. The highest BCUT2D eigenvalue weighted by Crippen LogP contribution is 2.11. The number of hydrogen-bond donors (Lipinski definition) is 0. The summed E-state index contributed by atoms with van der Waals surface area (Å²) in [7, 11) is 0. The maximum Gasteiger partial charge on any atom is 0.181 e. The van der Waals surface area contributed by atoms with Crippen LogP contribution in [0.5, 0.6) is 0 Å². The second-order valence-electron chi connectivity index (χ2n) is 11.5. The van der Waals surface area contributed by atoms with Crippen LogP contribution < -0.4 is 0 Å². The van der Waals surface area contributed by atoms with Gasteiger partial charge in [-0.2, -0.15) is 0 Å². The molecule has 0 aliphatic rings. The Morgan fingerprint density at radius 3 is 1.05 bits per heavy atom. The average molecular weight is 603 g/mol. The van der Waals surface area contributed by atoms with Gasteiger partial charge in [-0.15, -0.1) is 0 Å². The summed E-state index contributed by atoms with van der Waals surface area (Å²) >= 11 is 0. The van der Waals surface area contributed by atoms with Gasteiger partial charge in [0.15, 0.2) is 11.6 Å². The summed E-state index contributed by atoms with van der Waals surface area (Å²) in [6.45, 7) is 4.37. The van der Waals surface area contributed by atoms with Crippen molar-refractivity contribution in [3.63, 3.8) is 0 Å². The average Bonchev–Trinajstić information content (AvgIpc) is 3.01. The van der Waals surface area contributed by atoms with Gasteiger partial charge in [-0.1, -0.05) is 127 Å². The molecule has 0 aliphatic carbocycles. The Morgan fingerprint density at radius 1 is 0.395 bits per heavy atom. The van der Waals surface area contributed by atoms with E-state index in [9.17, 15) is 9.59 Å². The SMILES string of the molecule is CCCC/C=C/CCCCCCCC/C=C\C(=O)COCOCOCC(=O)/C=C\CCCCCCCC/C=C/CCCC. The van der Waals surface area contributed by atoms with Gasteiger partial charge in [0.1, 0.15) is 26.8 Å². The highest BCUT2D eigenvalue weighted by atomic mass is 16.7. The molecule has 0 radical (unpaired) electrons. The zero-order valence-corrected chi connectivity index (χ0v) is 28.0. The first-order valence-electron chi connectivity index (χ1n) is 17.6. The monoisotopic (exact) mass is 602 g/mol. The van der Waals surface area contributed by atoms with Crippen molar-refractivity contribution >= 4 is 11.6 Å². The van der Waals surface area contributed by atoms with Gasteiger partial charge in [0.2, 0.25) is 0 Å². The van der Waals surface area contributed by atoms with Crippen LogP contribution in [-0.2, 0) is 23.8 Å². The Balaban J connectivity index is 3.41. The van der Waals surface area contributed by atoms with Gasteiger partial charge in [0.25, 0.3) is 0 Å². The molecule has 0 aromatic carbocycles. The van der Waals surface area contributed by atoms with Crippen LogP contribution in [0.1, 0.15) is 155 Å². The van der Waals surface area contributed by atoms with Crippen molar-refractivity contribution in [1.29, 1.82) is 0 Å². The predicted octanol–water partition coefficient (Wildman–Crippen LogP) is 10.9. The van der Waals surface area contributed by atoms with E-state index in [-0.39, 0.29) is 38.4 Å². The molecule has 0 rings (SSSR count). The molecule has 0 saturated carbocycles. The Morgan fingerprint density at radius 2 is 0.698 bits per heavy atom. The number of carbonyl (C=O) groups excluding carboxylic acids is 2. The van der Waals surface area contributed by atoms with Crippen LogP contribution in [-0.4, -0.2) is 38.4 Å². The zero-order valence-electron chi connectivity index (χ0n) is 28.0. The highest BCUT2D eigenvalue weighted by Gasteiger charge is 1.99. The predicted molar refractivity (Wildman–Crippen MR) is 182 cm³/mol. The second kappa shape index (κ2) is 36.4. The van der Waals surface area contributed by atoms with Crippen LogP contribution in [0.15, 0.2) is 48.6 Å². The lowest BCUT2D eigenvalue weighted by Crippen LogP contribution is -2.12. The molecule has 0 heterocycles. The van der Waals surface area contributed by atoms with E-state index in [1.807, 2.05) is 12.2 Å². The van der Waals surface area contributed by atoms with Crippen molar-refractivity contribution in [2.75, 3.05) is 26.8 Å². The molecule has 5 heteroatoms. The van der Waals surface area contributed by atoms with Crippen molar-refractivity contribution < 1.29 is 23.8 Å². The molecule has 0 amide bonds. The van der Waals surface area contributed by atoms with E-state index in [1.165, 1.54) is 116 Å². The minimum Gasteiger partial charge on any atom is -0.347 e. The third-order valence-electron chi connectivity index (χ3n) is 7.19.